The zero-order valence-electron chi connectivity index (χ0n) is 15.1. The minimum absolute atomic E-state index is 0.299. The van der Waals surface area contributed by atoms with Crippen molar-refractivity contribution in [3.63, 3.8) is 0 Å². The number of carbonyl (C=O) groups is 1. The summed E-state index contributed by atoms with van der Waals surface area (Å²) in [6, 6.07) is 29.8. The number of para-hydroxylation sites is 2. The number of rotatable bonds is 6. The molecule has 4 nitrogen and oxygen atoms in total. The summed E-state index contributed by atoms with van der Waals surface area (Å²) < 4.78 is 0. The molecule has 3 aromatic rings. The maximum atomic E-state index is 10.8. The third-order valence-corrected chi connectivity index (χ3v) is 4.08. The molecule has 0 amide bonds. The third kappa shape index (κ3) is 4.54. The van der Waals surface area contributed by atoms with Crippen LogP contribution in [0.2, 0.25) is 0 Å². The Labute approximate surface area is 163 Å². The van der Waals surface area contributed by atoms with Gasteiger partial charge in [0, 0.05) is 17.1 Å². The summed E-state index contributed by atoms with van der Waals surface area (Å²) >= 11 is 0. The Hall–Kier alpha value is -4.10. The lowest BCUT2D eigenvalue weighted by Gasteiger charge is -2.25. The van der Waals surface area contributed by atoms with Crippen LogP contribution in [0.4, 0.5) is 17.1 Å². The molecule has 1 N–H and O–H groups in total. The first-order valence-corrected chi connectivity index (χ1v) is 8.71. The molecule has 0 aliphatic rings. The van der Waals surface area contributed by atoms with Gasteiger partial charge in [0.15, 0.2) is 0 Å². The number of anilines is 3. The van der Waals surface area contributed by atoms with E-state index in [1.54, 1.807) is 18.2 Å². The molecule has 0 saturated carbocycles. The SMILES string of the molecule is N#C/C(=C/C=C/c1ccc(N(c2ccccc2)c2ccccc2)cc1)C(=O)O. The highest BCUT2D eigenvalue weighted by Crippen LogP contribution is 2.34. The Morgan fingerprint density at radius 2 is 1.32 bits per heavy atom. The molecule has 4 heteroatoms. The van der Waals surface area contributed by atoms with Crippen LogP contribution in [-0.2, 0) is 4.79 Å². The number of hydrogen-bond donors (Lipinski definition) is 1. The van der Waals surface area contributed by atoms with Crippen LogP contribution in [0.15, 0.2) is 103 Å². The molecule has 0 spiro atoms. The van der Waals surface area contributed by atoms with Gasteiger partial charge in [-0.05, 0) is 48.0 Å². The Morgan fingerprint density at radius 3 is 1.79 bits per heavy atom. The van der Waals surface area contributed by atoms with E-state index < -0.39 is 5.97 Å². The maximum absolute atomic E-state index is 10.8. The summed E-state index contributed by atoms with van der Waals surface area (Å²) in [6.45, 7) is 0. The topological polar surface area (TPSA) is 64.3 Å². The van der Waals surface area contributed by atoms with E-state index in [4.69, 9.17) is 10.4 Å². The van der Waals surface area contributed by atoms with Crippen LogP contribution in [0.1, 0.15) is 5.56 Å². The van der Waals surface area contributed by atoms with E-state index in [-0.39, 0.29) is 5.57 Å². The second-order valence-corrected chi connectivity index (χ2v) is 5.95. The van der Waals surface area contributed by atoms with Gasteiger partial charge in [-0.1, -0.05) is 60.7 Å². The van der Waals surface area contributed by atoms with Gasteiger partial charge in [-0.15, -0.1) is 0 Å². The molecule has 0 aromatic heterocycles. The van der Waals surface area contributed by atoms with E-state index in [2.05, 4.69) is 29.2 Å². The molecular formula is C24H18N2O2. The fourth-order valence-electron chi connectivity index (χ4n) is 2.75. The van der Waals surface area contributed by atoms with Gasteiger partial charge in [-0.2, -0.15) is 5.26 Å². The van der Waals surface area contributed by atoms with Gasteiger partial charge in [0.05, 0.1) is 0 Å². The number of aliphatic carboxylic acids is 1. The predicted octanol–water partition coefficient (Wildman–Crippen LogP) is 5.70. The molecule has 0 aliphatic carbocycles. The lowest BCUT2D eigenvalue weighted by Crippen LogP contribution is -2.09. The largest absolute Gasteiger partial charge is 0.477 e. The van der Waals surface area contributed by atoms with Crippen molar-refractivity contribution < 1.29 is 9.90 Å². The van der Waals surface area contributed by atoms with Gasteiger partial charge in [-0.3, -0.25) is 0 Å². The molecule has 0 unspecified atom stereocenters. The fraction of sp³-hybridized carbons (Fsp3) is 0. The number of carboxylic acid groups (broad SMARTS) is 1. The van der Waals surface area contributed by atoms with E-state index >= 15 is 0 Å². The molecule has 28 heavy (non-hydrogen) atoms. The normalized spacial score (nSPS) is 11.2. The molecule has 0 radical (unpaired) electrons. The first-order valence-electron chi connectivity index (χ1n) is 8.71. The highest BCUT2D eigenvalue weighted by molar-refractivity contribution is 5.91. The smallest absolute Gasteiger partial charge is 0.346 e. The van der Waals surface area contributed by atoms with E-state index in [0.717, 1.165) is 22.6 Å². The van der Waals surface area contributed by atoms with E-state index in [1.807, 2.05) is 60.7 Å². The first kappa shape index (κ1) is 18.7. The van der Waals surface area contributed by atoms with Gasteiger partial charge < -0.3 is 10.0 Å². The summed E-state index contributed by atoms with van der Waals surface area (Å²) in [6.07, 6.45) is 4.61. The number of nitrogens with zero attached hydrogens (tertiary/aromatic N) is 2. The Kier molecular flexibility index (Phi) is 6.02. The molecule has 0 atom stereocenters. The lowest BCUT2D eigenvalue weighted by atomic mass is 10.1. The molecule has 3 rings (SSSR count). The van der Waals surface area contributed by atoms with Crippen LogP contribution in [-0.4, -0.2) is 11.1 Å². The van der Waals surface area contributed by atoms with Crippen LogP contribution < -0.4 is 4.90 Å². The van der Waals surface area contributed by atoms with Crippen molar-refractivity contribution in [1.29, 1.82) is 5.26 Å². The molecular weight excluding hydrogens is 348 g/mol. The van der Waals surface area contributed by atoms with Gasteiger partial charge >= 0.3 is 5.97 Å². The first-order chi connectivity index (χ1) is 13.7. The molecule has 136 valence electrons. The summed E-state index contributed by atoms with van der Waals surface area (Å²) in [5.41, 5.74) is 3.73. The third-order valence-electron chi connectivity index (χ3n) is 4.08. The molecule has 0 fully saturated rings. The molecule has 3 aromatic carbocycles. The van der Waals surface area contributed by atoms with Crippen molar-refractivity contribution in [2.24, 2.45) is 0 Å². The van der Waals surface area contributed by atoms with Crippen molar-refractivity contribution in [1.82, 2.24) is 0 Å². The van der Waals surface area contributed by atoms with Crippen LogP contribution in [0, 0.1) is 11.3 Å². The Balaban J connectivity index is 1.89. The van der Waals surface area contributed by atoms with Crippen LogP contribution in [0.25, 0.3) is 6.08 Å². The second kappa shape index (κ2) is 9.02. The van der Waals surface area contributed by atoms with Crippen molar-refractivity contribution in [2.75, 3.05) is 4.90 Å². The fourth-order valence-corrected chi connectivity index (χ4v) is 2.75. The lowest BCUT2D eigenvalue weighted by molar-refractivity contribution is -0.132. The zero-order valence-corrected chi connectivity index (χ0v) is 15.1. The van der Waals surface area contributed by atoms with Gasteiger partial charge in [-0.25, -0.2) is 4.79 Å². The van der Waals surface area contributed by atoms with Gasteiger partial charge in [0.2, 0.25) is 0 Å². The zero-order chi connectivity index (χ0) is 19.8. The highest BCUT2D eigenvalue weighted by atomic mass is 16.4. The molecule has 0 saturated heterocycles. The van der Waals surface area contributed by atoms with Crippen molar-refractivity contribution in [2.45, 2.75) is 0 Å². The van der Waals surface area contributed by atoms with E-state index in [1.165, 1.54) is 6.08 Å². The van der Waals surface area contributed by atoms with E-state index in [0.29, 0.717) is 0 Å². The van der Waals surface area contributed by atoms with E-state index in [9.17, 15) is 4.79 Å². The summed E-state index contributed by atoms with van der Waals surface area (Å²) in [5.74, 6) is -1.23. The van der Waals surface area contributed by atoms with Crippen molar-refractivity contribution in [3.8, 4) is 6.07 Å². The average molecular weight is 366 g/mol. The van der Waals surface area contributed by atoms with Gasteiger partial charge in [0.25, 0.3) is 0 Å². The minimum atomic E-state index is -1.23. The highest BCUT2D eigenvalue weighted by Gasteiger charge is 2.11. The summed E-state index contributed by atoms with van der Waals surface area (Å²) in [7, 11) is 0. The van der Waals surface area contributed by atoms with Gasteiger partial charge in [0.1, 0.15) is 11.6 Å². The number of hydrogen-bond acceptors (Lipinski definition) is 3. The molecule has 0 aliphatic heterocycles. The van der Waals surface area contributed by atoms with Crippen LogP contribution >= 0.6 is 0 Å². The monoisotopic (exact) mass is 366 g/mol. The summed E-state index contributed by atoms with van der Waals surface area (Å²) in [4.78, 5) is 13.0. The standard InChI is InChI=1S/C24H18N2O2/c25-18-20(24(27)28)9-7-8-19-14-16-23(17-15-19)26(21-10-3-1-4-11-21)22-12-5-2-6-13-22/h1-17H,(H,27,28)/b8-7+,20-9-. The predicted molar refractivity (Wildman–Crippen MR) is 111 cm³/mol. The van der Waals surface area contributed by atoms with Crippen LogP contribution in [0.3, 0.4) is 0 Å². The quantitative estimate of drug-likeness (QED) is 0.345. The second-order valence-electron chi connectivity index (χ2n) is 5.95. The van der Waals surface area contributed by atoms with Crippen molar-refractivity contribution >= 4 is 29.1 Å². The average Bonchev–Trinajstić information content (AvgIpc) is 2.74. The maximum Gasteiger partial charge on any atom is 0.346 e. The Bertz CT molecular complexity index is 992. The number of carboxylic acids is 1. The number of benzene rings is 3. The molecule has 0 bridgehead atoms. The van der Waals surface area contributed by atoms with Crippen molar-refractivity contribution in [3.05, 3.63) is 108 Å². The Morgan fingerprint density at radius 1 is 0.821 bits per heavy atom. The number of allylic oxidation sites excluding steroid dienone is 2. The van der Waals surface area contributed by atoms with Crippen LogP contribution in [0.5, 0.6) is 0 Å². The summed E-state index contributed by atoms with van der Waals surface area (Å²) in [5, 5.41) is 17.6. The molecule has 0 heterocycles. The minimum Gasteiger partial charge on any atom is -0.477 e. The number of nitriles is 1.